The van der Waals surface area contributed by atoms with E-state index in [-0.39, 0.29) is 38.9 Å². The Morgan fingerprint density at radius 2 is 1.39 bits per heavy atom. The van der Waals surface area contributed by atoms with Crippen molar-refractivity contribution in [3.8, 4) is 78.4 Å². The van der Waals surface area contributed by atoms with Crippen LogP contribution in [0.25, 0.3) is 93.1 Å². The summed E-state index contributed by atoms with van der Waals surface area (Å²) in [6.45, 7) is -15.9. The summed E-state index contributed by atoms with van der Waals surface area (Å²) in [7, 11) is 0. The highest BCUT2D eigenvalue weighted by molar-refractivity contribution is 7.23. The third-order valence-corrected chi connectivity index (χ3v) is 12.8. The summed E-state index contributed by atoms with van der Waals surface area (Å²) in [5, 5.41) is 0. The summed E-state index contributed by atoms with van der Waals surface area (Å²) in [5.41, 5.74) is 1.66. The first-order valence-electron chi connectivity index (χ1n) is 26.6. The summed E-state index contributed by atoms with van der Waals surface area (Å²) < 4.78 is 146. The predicted molar refractivity (Wildman–Crippen MR) is 245 cm³/mol. The number of para-hydroxylation sites is 1. The summed E-state index contributed by atoms with van der Waals surface area (Å²) in [5.74, 6) is -0.878. The van der Waals surface area contributed by atoms with Gasteiger partial charge in [-0.15, -0.1) is 0 Å². The maximum absolute atomic E-state index is 9.55. The Kier molecular flexibility index (Phi) is 4.68. The van der Waals surface area contributed by atoms with Gasteiger partial charge in [0.15, 0.2) is 4.96 Å². The van der Waals surface area contributed by atoms with Crippen molar-refractivity contribution in [3.05, 3.63) is 174 Å². The molecule has 5 heteroatoms. The molecule has 0 spiro atoms. The van der Waals surface area contributed by atoms with E-state index >= 15 is 0 Å². The van der Waals surface area contributed by atoms with Gasteiger partial charge in [-0.25, -0.2) is 4.98 Å². The smallest absolute Gasteiger partial charge is 0.195 e. The van der Waals surface area contributed by atoms with E-state index in [4.69, 9.17) is 22.9 Å². The normalized spacial score (nSPS) is 18.3. The number of hydrogen-bond acceptors (Lipinski definition) is 4. The Hall–Kier alpha value is -6.82. The van der Waals surface area contributed by atoms with Gasteiger partial charge in [0, 0.05) is 65.6 Å². The third kappa shape index (κ3) is 4.82. The van der Waals surface area contributed by atoms with Crippen molar-refractivity contribution in [2.45, 2.75) is 39.7 Å². The number of pyridine rings is 1. The van der Waals surface area contributed by atoms with E-state index in [9.17, 15) is 12.3 Å². The van der Waals surface area contributed by atoms with E-state index < -0.39 is 67.9 Å². The lowest BCUT2D eigenvalue weighted by molar-refractivity contribution is 0.419. The molecule has 0 saturated heterocycles. The first-order chi connectivity index (χ1) is 34.9. The fourth-order valence-electron chi connectivity index (χ4n) is 9.09. The second-order valence-electron chi connectivity index (χ2n) is 15.0. The molecule has 2 aliphatic rings. The monoisotopic (exact) mass is 792 g/mol. The number of ether oxygens (including phenoxy) is 1. The lowest BCUT2D eigenvalue weighted by atomic mass is 9.72. The lowest BCUT2D eigenvalue weighted by Crippen LogP contribution is -2.25. The van der Waals surface area contributed by atoms with E-state index in [2.05, 4.69) is 0 Å². The highest BCUT2D eigenvalue weighted by Crippen LogP contribution is 2.56. The molecule has 0 radical (unpaired) electrons. The van der Waals surface area contributed by atoms with Crippen molar-refractivity contribution in [3.63, 3.8) is 0 Å². The molecule has 0 amide bonds. The molecule has 59 heavy (non-hydrogen) atoms. The number of rotatable bonds is 2. The molecule has 4 nitrogen and oxygen atoms in total. The van der Waals surface area contributed by atoms with E-state index in [0.29, 0.717) is 27.3 Å². The van der Waals surface area contributed by atoms with E-state index in [1.54, 1.807) is 24.4 Å². The first-order valence-corrected chi connectivity index (χ1v) is 19.9. The fourth-order valence-corrected chi connectivity index (χ4v) is 10.1. The average molecular weight is 793 g/mol. The molecule has 0 fully saturated rings. The van der Waals surface area contributed by atoms with Crippen LogP contribution in [0, 0.1) is 20.6 Å². The molecule has 3 aromatic heterocycles. The van der Waals surface area contributed by atoms with Crippen molar-refractivity contribution in [2.75, 3.05) is 0 Å². The van der Waals surface area contributed by atoms with E-state index in [1.165, 1.54) is 17.4 Å². The lowest BCUT2D eigenvalue weighted by Gasteiger charge is -2.37. The number of benzene rings is 7. The number of hydrogen-bond donors (Lipinski definition) is 0. The van der Waals surface area contributed by atoms with E-state index in [0.717, 1.165) is 62.3 Å². The molecular formula is C54H39N3OS. The van der Waals surface area contributed by atoms with Gasteiger partial charge in [-0.3, -0.25) is 9.38 Å². The van der Waals surface area contributed by atoms with Crippen LogP contribution in [0.2, 0.25) is 0 Å². The van der Waals surface area contributed by atoms with Gasteiger partial charge in [0.05, 0.1) is 26.9 Å². The predicted octanol–water partition coefficient (Wildman–Crippen LogP) is 14.8. The number of fused-ring (bicyclic) bond motifs is 15. The molecule has 0 N–H and O–H groups in total. The summed E-state index contributed by atoms with van der Waals surface area (Å²) >= 11 is 1.33. The minimum atomic E-state index is -3.49. The van der Waals surface area contributed by atoms with E-state index in [1.807, 2.05) is 95.4 Å². The van der Waals surface area contributed by atoms with Crippen LogP contribution in [0.15, 0.2) is 146 Å². The summed E-state index contributed by atoms with van der Waals surface area (Å²) in [6.07, 6.45) is 1.70. The van der Waals surface area contributed by atoms with Crippen LogP contribution in [0.1, 0.15) is 62.1 Å². The Balaban J connectivity index is 1.30. The van der Waals surface area contributed by atoms with Crippen molar-refractivity contribution in [2.24, 2.45) is 0 Å². The molecule has 0 unspecified atom stereocenters. The minimum absolute atomic E-state index is 0.0784. The summed E-state index contributed by atoms with van der Waals surface area (Å²) in [4.78, 5) is 10.3. The molecule has 0 bridgehead atoms. The third-order valence-electron chi connectivity index (χ3n) is 11.8. The van der Waals surface area contributed by atoms with Crippen LogP contribution in [0.5, 0.6) is 11.5 Å². The molecule has 12 rings (SSSR count). The number of thiazole rings is 1. The Morgan fingerprint density at radius 1 is 0.610 bits per heavy atom. The van der Waals surface area contributed by atoms with Crippen LogP contribution in [-0.2, 0) is 5.41 Å². The van der Waals surface area contributed by atoms with Gasteiger partial charge in [-0.2, -0.15) is 0 Å². The van der Waals surface area contributed by atoms with Crippen LogP contribution in [0.3, 0.4) is 0 Å². The number of imidazole rings is 1. The Morgan fingerprint density at radius 3 is 2.22 bits per heavy atom. The standard InChI is InChI=1S/C54H39N3OS/c1-30-20-24-42-46(27-30)58-52-43(54(42,4)5)29-40(48-31(2)21-25-45-51(48)56-53-57(45)44-18-10-11-19-47(44)59-53)32(3)49(52)33-22-23-37-34-13-6-7-14-35(34)39-17-12-26-55-50(39)38-16-9-8-15-36(38)41(37)28-33/h6-29H,1-5H3/i1D3,2D3,3D3,4D3,5D3. The molecule has 7 aromatic carbocycles. The zero-order valence-corrected chi connectivity index (χ0v) is 31.8. The molecule has 282 valence electrons. The van der Waals surface area contributed by atoms with Crippen LogP contribution in [0.4, 0.5) is 0 Å². The van der Waals surface area contributed by atoms with Crippen LogP contribution < -0.4 is 4.74 Å². The second-order valence-corrected chi connectivity index (χ2v) is 16.0. The zero-order chi connectivity index (χ0) is 52.2. The van der Waals surface area contributed by atoms with Crippen LogP contribution >= 0.6 is 11.3 Å². The fraction of sp³-hybridized carbons (Fsp3) is 0.111. The quantitative estimate of drug-likeness (QED) is 0.175. The van der Waals surface area contributed by atoms with Crippen LogP contribution in [-0.4, -0.2) is 14.4 Å². The van der Waals surface area contributed by atoms with Crippen molar-refractivity contribution >= 4 is 37.5 Å². The maximum atomic E-state index is 9.55. The van der Waals surface area contributed by atoms with Crippen molar-refractivity contribution in [1.82, 2.24) is 14.4 Å². The highest BCUT2D eigenvalue weighted by Gasteiger charge is 2.38. The second kappa shape index (κ2) is 12.3. The van der Waals surface area contributed by atoms with Crippen molar-refractivity contribution in [1.29, 1.82) is 0 Å². The number of nitrogens with zero attached hydrogens (tertiary/aromatic N) is 3. The SMILES string of the molecule is [2H]C([2H])([2H])c1ccc2c(c1)Oc1c(cc(-c3c(C([2H])([2H])[2H])ccc4c3nc3sc5ccccc5n34)c(C([2H])([2H])[2H])c1-c1ccc3c(c1)-c1ccccc1-c1ncccc1-c1ccccc1-3)C2(C([2H])([2H])[2H])C([2H])([2H])[2H]. The Bertz CT molecular complexity index is 3990. The molecule has 10 aromatic rings. The molecule has 0 atom stereocenters. The van der Waals surface area contributed by atoms with Gasteiger partial charge in [-0.1, -0.05) is 122 Å². The molecule has 1 aliphatic heterocycles. The van der Waals surface area contributed by atoms with Gasteiger partial charge < -0.3 is 4.74 Å². The number of aryl methyl sites for hydroxylation is 2. The summed E-state index contributed by atoms with van der Waals surface area (Å²) in [6, 6.07) is 39.4. The molecule has 0 saturated carbocycles. The maximum Gasteiger partial charge on any atom is 0.195 e. The van der Waals surface area contributed by atoms with Gasteiger partial charge in [0.25, 0.3) is 0 Å². The first kappa shape index (κ1) is 22.4. The Labute approximate surface area is 368 Å². The van der Waals surface area contributed by atoms with Crippen molar-refractivity contribution < 1.29 is 25.3 Å². The van der Waals surface area contributed by atoms with Gasteiger partial charge in [0.1, 0.15) is 11.5 Å². The molecule has 1 aliphatic carbocycles. The minimum Gasteiger partial charge on any atom is -0.456 e. The average Bonchev–Trinajstić information content (AvgIpc) is 3.89. The number of aromatic nitrogens is 3. The van der Waals surface area contributed by atoms with Gasteiger partial charge in [0.2, 0.25) is 0 Å². The molecule has 4 heterocycles. The van der Waals surface area contributed by atoms with Gasteiger partial charge >= 0.3 is 0 Å². The van der Waals surface area contributed by atoms with Gasteiger partial charge in [-0.05, 0) is 119 Å². The molecular weight excluding hydrogens is 739 g/mol. The zero-order valence-electron chi connectivity index (χ0n) is 46.0. The largest absolute Gasteiger partial charge is 0.456 e. The topological polar surface area (TPSA) is 39.4 Å². The highest BCUT2D eigenvalue weighted by atomic mass is 32.1.